The van der Waals surface area contributed by atoms with Crippen molar-refractivity contribution in [3.05, 3.63) is 23.9 Å². The molecule has 1 aromatic heterocycles. The molecule has 150 valence electrons. The highest BCUT2D eigenvalue weighted by molar-refractivity contribution is 5.94. The van der Waals surface area contributed by atoms with Gasteiger partial charge in [0.25, 0.3) is 5.91 Å². The van der Waals surface area contributed by atoms with Crippen LogP contribution in [0.4, 0.5) is 5.82 Å². The summed E-state index contributed by atoms with van der Waals surface area (Å²) >= 11 is 0. The van der Waals surface area contributed by atoms with Crippen LogP contribution in [0.25, 0.3) is 0 Å². The van der Waals surface area contributed by atoms with E-state index >= 15 is 0 Å². The van der Waals surface area contributed by atoms with Gasteiger partial charge in [0.2, 0.25) is 0 Å². The Kier molecular flexibility index (Phi) is 7.07. The first kappa shape index (κ1) is 20.1. The van der Waals surface area contributed by atoms with Gasteiger partial charge in [0, 0.05) is 45.5 Å². The number of piperidine rings is 1. The van der Waals surface area contributed by atoms with Crippen LogP contribution in [-0.2, 0) is 4.74 Å². The number of anilines is 1. The molecule has 0 aliphatic carbocycles. The lowest BCUT2D eigenvalue weighted by Crippen LogP contribution is -2.48. The summed E-state index contributed by atoms with van der Waals surface area (Å²) in [5.74, 6) is 1.69. The molecule has 0 radical (unpaired) electrons. The molecule has 2 atom stereocenters. The van der Waals surface area contributed by atoms with Gasteiger partial charge in [-0.1, -0.05) is 6.92 Å². The monoisotopic (exact) mass is 374 g/mol. The first-order chi connectivity index (χ1) is 13.0. The van der Waals surface area contributed by atoms with Gasteiger partial charge in [0.1, 0.15) is 5.82 Å². The smallest absolute Gasteiger partial charge is 0.252 e. The fourth-order valence-electron chi connectivity index (χ4n) is 4.19. The van der Waals surface area contributed by atoms with Gasteiger partial charge in [-0.2, -0.15) is 0 Å². The van der Waals surface area contributed by atoms with Gasteiger partial charge in [0.15, 0.2) is 0 Å². The summed E-state index contributed by atoms with van der Waals surface area (Å²) in [6.07, 6.45) is 5.70. The Morgan fingerprint density at radius 3 is 2.52 bits per heavy atom. The summed E-state index contributed by atoms with van der Waals surface area (Å²) in [6.45, 7) is 12.4. The van der Waals surface area contributed by atoms with E-state index in [1.54, 1.807) is 6.20 Å². The number of carbonyl (C=O) groups is 1. The maximum Gasteiger partial charge on any atom is 0.252 e. The summed E-state index contributed by atoms with van der Waals surface area (Å²) in [6, 6.07) is 3.86. The van der Waals surface area contributed by atoms with Crippen molar-refractivity contribution in [2.75, 3.05) is 44.2 Å². The van der Waals surface area contributed by atoms with Crippen LogP contribution >= 0.6 is 0 Å². The largest absolute Gasteiger partial charge is 0.373 e. The van der Waals surface area contributed by atoms with Crippen molar-refractivity contribution in [3.8, 4) is 0 Å². The van der Waals surface area contributed by atoms with Gasteiger partial charge >= 0.3 is 0 Å². The fourth-order valence-corrected chi connectivity index (χ4v) is 4.19. The van der Waals surface area contributed by atoms with Crippen LogP contribution in [0, 0.1) is 5.92 Å². The van der Waals surface area contributed by atoms with Crippen LogP contribution in [0.1, 0.15) is 50.4 Å². The molecular formula is C21H34N4O2. The van der Waals surface area contributed by atoms with E-state index in [4.69, 9.17) is 4.74 Å². The molecule has 2 saturated heterocycles. The van der Waals surface area contributed by atoms with Crippen molar-refractivity contribution in [1.82, 2.24) is 15.2 Å². The summed E-state index contributed by atoms with van der Waals surface area (Å²) in [4.78, 5) is 21.4. The second-order valence-electron chi connectivity index (χ2n) is 8.07. The number of hydrogen-bond donors (Lipinski definition) is 1. The summed E-state index contributed by atoms with van der Waals surface area (Å²) in [7, 11) is 0. The van der Waals surface area contributed by atoms with Crippen molar-refractivity contribution >= 4 is 11.7 Å². The second-order valence-corrected chi connectivity index (χ2v) is 8.07. The second kappa shape index (κ2) is 9.51. The molecule has 0 spiro atoms. The standard InChI is InChI=1S/C21H34N4O2/c1-4-9-22-21(26)19-5-6-20(23-12-19)25-10-7-18(8-11-25)15-24-13-16(2)27-17(3)14-24/h5-6,12,16-18H,4,7-11,13-15H2,1-3H3,(H,22,26). The minimum Gasteiger partial charge on any atom is -0.373 e. The zero-order valence-corrected chi connectivity index (χ0v) is 17.0. The molecule has 1 N–H and O–H groups in total. The molecule has 0 bridgehead atoms. The van der Waals surface area contributed by atoms with Gasteiger partial charge < -0.3 is 15.0 Å². The highest BCUT2D eigenvalue weighted by Gasteiger charge is 2.27. The summed E-state index contributed by atoms with van der Waals surface area (Å²) < 4.78 is 5.84. The van der Waals surface area contributed by atoms with Gasteiger partial charge in [-0.25, -0.2) is 4.98 Å². The average Bonchev–Trinajstić information content (AvgIpc) is 2.66. The lowest BCUT2D eigenvalue weighted by atomic mass is 9.95. The molecule has 1 aromatic rings. The molecule has 2 unspecified atom stereocenters. The Morgan fingerprint density at radius 1 is 1.22 bits per heavy atom. The van der Waals surface area contributed by atoms with Crippen molar-refractivity contribution in [1.29, 1.82) is 0 Å². The molecule has 0 saturated carbocycles. The van der Waals surface area contributed by atoms with Crippen molar-refractivity contribution in [3.63, 3.8) is 0 Å². The van der Waals surface area contributed by atoms with Gasteiger partial charge in [-0.15, -0.1) is 0 Å². The van der Waals surface area contributed by atoms with E-state index < -0.39 is 0 Å². The Hall–Kier alpha value is -1.66. The van der Waals surface area contributed by atoms with E-state index in [2.05, 4.69) is 33.9 Å². The molecular weight excluding hydrogens is 340 g/mol. The minimum absolute atomic E-state index is 0.0384. The number of ether oxygens (including phenoxy) is 1. The van der Waals surface area contributed by atoms with Crippen LogP contribution in [0.15, 0.2) is 18.3 Å². The van der Waals surface area contributed by atoms with E-state index in [0.717, 1.165) is 44.3 Å². The Balaban J connectivity index is 1.47. The number of morpholine rings is 1. The fraction of sp³-hybridized carbons (Fsp3) is 0.714. The molecule has 27 heavy (non-hydrogen) atoms. The summed E-state index contributed by atoms with van der Waals surface area (Å²) in [5.41, 5.74) is 0.637. The number of hydrogen-bond acceptors (Lipinski definition) is 5. The number of nitrogens with zero attached hydrogens (tertiary/aromatic N) is 3. The number of nitrogens with one attached hydrogen (secondary N) is 1. The third-order valence-electron chi connectivity index (χ3n) is 5.50. The molecule has 2 fully saturated rings. The van der Waals surface area contributed by atoms with Crippen LogP contribution in [0.5, 0.6) is 0 Å². The third kappa shape index (κ3) is 5.66. The predicted molar refractivity (Wildman–Crippen MR) is 108 cm³/mol. The van der Waals surface area contributed by atoms with Crippen molar-refractivity contribution in [2.24, 2.45) is 5.92 Å². The summed E-state index contributed by atoms with van der Waals surface area (Å²) in [5, 5.41) is 2.89. The number of rotatable bonds is 6. The Morgan fingerprint density at radius 2 is 1.93 bits per heavy atom. The minimum atomic E-state index is -0.0384. The first-order valence-corrected chi connectivity index (χ1v) is 10.4. The molecule has 3 rings (SSSR count). The van der Waals surface area contributed by atoms with Crippen LogP contribution in [0.2, 0.25) is 0 Å². The van der Waals surface area contributed by atoms with E-state index in [1.165, 1.54) is 19.4 Å². The lowest BCUT2D eigenvalue weighted by molar-refractivity contribution is -0.0720. The maximum atomic E-state index is 12.0. The average molecular weight is 375 g/mol. The van der Waals surface area contributed by atoms with Crippen molar-refractivity contribution < 1.29 is 9.53 Å². The number of aromatic nitrogens is 1. The van der Waals surface area contributed by atoms with E-state index in [9.17, 15) is 4.79 Å². The van der Waals surface area contributed by atoms with E-state index in [1.807, 2.05) is 19.1 Å². The number of pyridine rings is 1. The molecule has 6 nitrogen and oxygen atoms in total. The number of carbonyl (C=O) groups excluding carboxylic acids is 1. The highest BCUT2D eigenvalue weighted by Crippen LogP contribution is 2.24. The van der Waals surface area contributed by atoms with Crippen molar-refractivity contribution in [2.45, 2.75) is 52.2 Å². The lowest BCUT2D eigenvalue weighted by Gasteiger charge is -2.39. The topological polar surface area (TPSA) is 57.7 Å². The SMILES string of the molecule is CCCNC(=O)c1ccc(N2CCC(CN3CC(C)OC(C)C3)CC2)nc1. The Labute approximate surface area is 163 Å². The van der Waals surface area contributed by atoms with Crippen LogP contribution in [-0.4, -0.2) is 67.3 Å². The molecule has 2 aliphatic heterocycles. The number of amides is 1. The zero-order chi connectivity index (χ0) is 19.2. The highest BCUT2D eigenvalue weighted by atomic mass is 16.5. The predicted octanol–water partition coefficient (Wildman–Crippen LogP) is 2.55. The van der Waals surface area contributed by atoms with Crippen LogP contribution < -0.4 is 10.2 Å². The molecule has 3 heterocycles. The molecule has 1 amide bonds. The van der Waals surface area contributed by atoms with E-state index in [0.29, 0.717) is 24.3 Å². The maximum absolute atomic E-state index is 12.0. The normalized spacial score (nSPS) is 24.8. The van der Waals surface area contributed by atoms with Gasteiger partial charge in [-0.3, -0.25) is 9.69 Å². The third-order valence-corrected chi connectivity index (χ3v) is 5.50. The first-order valence-electron chi connectivity index (χ1n) is 10.4. The molecule has 0 aromatic carbocycles. The van der Waals surface area contributed by atoms with Gasteiger partial charge in [0.05, 0.1) is 17.8 Å². The zero-order valence-electron chi connectivity index (χ0n) is 17.0. The Bertz CT molecular complexity index is 589. The van der Waals surface area contributed by atoms with Gasteiger partial charge in [-0.05, 0) is 51.2 Å². The molecule has 2 aliphatic rings. The van der Waals surface area contributed by atoms with Crippen LogP contribution in [0.3, 0.4) is 0 Å². The molecule has 6 heteroatoms. The quantitative estimate of drug-likeness (QED) is 0.829. The van der Waals surface area contributed by atoms with E-state index in [-0.39, 0.29) is 5.91 Å².